The van der Waals surface area contributed by atoms with Gasteiger partial charge in [-0.15, -0.1) is 0 Å². The van der Waals surface area contributed by atoms with Crippen LogP contribution in [0, 0.1) is 17.2 Å². The molecule has 2 aliphatic rings. The van der Waals surface area contributed by atoms with E-state index in [2.05, 4.69) is 5.10 Å². The van der Waals surface area contributed by atoms with Crippen molar-refractivity contribution >= 4 is 17.1 Å². The molecule has 0 spiro atoms. The van der Waals surface area contributed by atoms with Crippen LogP contribution in [0.15, 0.2) is 71.2 Å². The molecule has 0 bridgehead atoms. The van der Waals surface area contributed by atoms with Gasteiger partial charge in [0.2, 0.25) is 12.1 Å². The Balaban J connectivity index is 1.87. The summed E-state index contributed by atoms with van der Waals surface area (Å²) in [6.45, 7) is 0. The molecule has 160 valence electrons. The molecular formula is C22H20F3N5O. The van der Waals surface area contributed by atoms with E-state index >= 15 is 0 Å². The van der Waals surface area contributed by atoms with Crippen LogP contribution in [0.5, 0.6) is 0 Å². The molecule has 0 aliphatic carbocycles. The normalized spacial score (nSPS) is 23.0. The Hall–Kier alpha value is -3.67. The highest BCUT2D eigenvalue weighted by molar-refractivity contribution is 5.96. The molecule has 0 unspecified atom stereocenters. The number of ether oxygens (including phenoxy) is 1. The second-order valence-electron chi connectivity index (χ2n) is 7.55. The summed E-state index contributed by atoms with van der Waals surface area (Å²) in [5.41, 5.74) is 6.83. The lowest BCUT2D eigenvalue weighted by atomic mass is 9.76. The third kappa shape index (κ3) is 3.54. The summed E-state index contributed by atoms with van der Waals surface area (Å²) < 4.78 is 47.8. The van der Waals surface area contributed by atoms with Crippen LogP contribution in [-0.2, 0) is 4.74 Å². The fourth-order valence-electron chi connectivity index (χ4n) is 4.01. The van der Waals surface area contributed by atoms with E-state index in [1.165, 1.54) is 5.01 Å². The number of nitriles is 1. The number of nitrogens with zero attached hydrogens (tertiary/aromatic N) is 4. The lowest BCUT2D eigenvalue weighted by molar-refractivity contribution is -0.0658. The molecule has 2 aromatic carbocycles. The summed E-state index contributed by atoms with van der Waals surface area (Å²) in [6, 6.07) is 17.4. The average molecular weight is 427 g/mol. The number of para-hydroxylation sites is 1. The molecule has 0 radical (unpaired) electrons. The third-order valence-corrected chi connectivity index (χ3v) is 5.46. The van der Waals surface area contributed by atoms with Crippen molar-refractivity contribution < 1.29 is 17.9 Å². The maximum atomic E-state index is 14.1. The Morgan fingerprint density at radius 2 is 1.74 bits per heavy atom. The number of nitrogens with two attached hydrogens (primary N) is 1. The Labute approximate surface area is 177 Å². The zero-order valence-corrected chi connectivity index (χ0v) is 16.8. The first kappa shape index (κ1) is 20.6. The molecule has 31 heavy (non-hydrogen) atoms. The number of hydrogen-bond donors (Lipinski definition) is 1. The van der Waals surface area contributed by atoms with Gasteiger partial charge in [-0.05, 0) is 29.8 Å². The first-order valence-electron chi connectivity index (χ1n) is 9.56. The van der Waals surface area contributed by atoms with E-state index in [4.69, 9.17) is 10.5 Å². The molecule has 3 atom stereocenters. The summed E-state index contributed by atoms with van der Waals surface area (Å²) in [6.07, 6.45) is -5.83. The monoisotopic (exact) mass is 427 g/mol. The van der Waals surface area contributed by atoms with Gasteiger partial charge in [0.25, 0.3) is 0 Å². The van der Waals surface area contributed by atoms with Gasteiger partial charge < -0.3 is 15.4 Å². The molecule has 0 fully saturated rings. The van der Waals surface area contributed by atoms with E-state index in [0.29, 0.717) is 11.3 Å². The topological polar surface area (TPSA) is 77.9 Å². The lowest BCUT2D eigenvalue weighted by Crippen LogP contribution is -2.46. The van der Waals surface area contributed by atoms with E-state index in [1.54, 1.807) is 54.6 Å². The standard InChI is InChI=1S/C22H20F3N5O/c1-29(2)14-10-8-13(9-11-14)17-16(12-26)20(27)31-21-18(17)19(22(23,24)25)28-30(21)15-6-4-3-5-7-15/h3-11,17-18,21H,27H2,1-2H3/t17-,18+,21-/m0/s1. The van der Waals surface area contributed by atoms with Gasteiger partial charge in [-0.1, -0.05) is 30.3 Å². The zero-order chi connectivity index (χ0) is 22.3. The molecule has 2 N–H and O–H groups in total. The van der Waals surface area contributed by atoms with Gasteiger partial charge in [-0.25, -0.2) is 5.01 Å². The number of alkyl halides is 3. The molecule has 2 heterocycles. The summed E-state index contributed by atoms with van der Waals surface area (Å²) in [7, 11) is 3.72. The van der Waals surface area contributed by atoms with E-state index in [1.807, 2.05) is 25.1 Å². The summed E-state index contributed by atoms with van der Waals surface area (Å²) in [5.74, 6) is -2.40. The minimum Gasteiger partial charge on any atom is -0.452 e. The molecule has 0 aromatic heterocycles. The van der Waals surface area contributed by atoms with Crippen molar-refractivity contribution in [1.29, 1.82) is 5.26 Å². The van der Waals surface area contributed by atoms with Crippen LogP contribution in [0.1, 0.15) is 11.5 Å². The van der Waals surface area contributed by atoms with Gasteiger partial charge in [0.15, 0.2) is 5.71 Å². The Morgan fingerprint density at radius 3 is 2.29 bits per heavy atom. The fraction of sp³-hybridized carbons (Fsp3) is 0.273. The quantitative estimate of drug-likeness (QED) is 0.803. The van der Waals surface area contributed by atoms with Gasteiger partial charge in [0.1, 0.15) is 6.07 Å². The van der Waals surface area contributed by atoms with E-state index < -0.39 is 30.0 Å². The van der Waals surface area contributed by atoms with E-state index in [9.17, 15) is 18.4 Å². The number of halogens is 3. The predicted octanol–water partition coefficient (Wildman–Crippen LogP) is 3.94. The smallest absolute Gasteiger partial charge is 0.431 e. The zero-order valence-electron chi connectivity index (χ0n) is 16.8. The number of anilines is 2. The first-order chi connectivity index (χ1) is 14.7. The maximum Gasteiger partial charge on any atom is 0.431 e. The van der Waals surface area contributed by atoms with Gasteiger partial charge in [0.05, 0.1) is 17.2 Å². The highest BCUT2D eigenvalue weighted by Crippen LogP contribution is 2.48. The van der Waals surface area contributed by atoms with E-state index in [-0.39, 0.29) is 11.5 Å². The molecule has 0 amide bonds. The van der Waals surface area contributed by atoms with Crippen molar-refractivity contribution in [3.8, 4) is 6.07 Å². The minimum atomic E-state index is -4.70. The van der Waals surface area contributed by atoms with Crippen LogP contribution in [0.3, 0.4) is 0 Å². The van der Waals surface area contributed by atoms with Crippen molar-refractivity contribution in [1.82, 2.24) is 0 Å². The molecule has 2 aliphatic heterocycles. The summed E-state index contributed by atoms with van der Waals surface area (Å²) in [4.78, 5) is 1.88. The van der Waals surface area contributed by atoms with Crippen LogP contribution < -0.4 is 15.6 Å². The Morgan fingerprint density at radius 1 is 1.10 bits per heavy atom. The second kappa shape index (κ2) is 7.54. The van der Waals surface area contributed by atoms with Crippen molar-refractivity contribution in [3.05, 3.63) is 71.6 Å². The number of fused-ring (bicyclic) bond motifs is 1. The molecule has 9 heteroatoms. The molecular weight excluding hydrogens is 407 g/mol. The largest absolute Gasteiger partial charge is 0.452 e. The number of rotatable bonds is 3. The van der Waals surface area contributed by atoms with Crippen molar-refractivity contribution in [2.45, 2.75) is 18.3 Å². The highest BCUT2D eigenvalue weighted by Gasteiger charge is 2.57. The molecule has 4 rings (SSSR count). The lowest BCUT2D eigenvalue weighted by Gasteiger charge is -2.37. The first-order valence-corrected chi connectivity index (χ1v) is 9.56. The number of allylic oxidation sites excluding steroid dienone is 1. The second-order valence-corrected chi connectivity index (χ2v) is 7.55. The third-order valence-electron chi connectivity index (χ3n) is 5.46. The van der Waals surface area contributed by atoms with Crippen LogP contribution >= 0.6 is 0 Å². The van der Waals surface area contributed by atoms with Crippen LogP contribution in [0.4, 0.5) is 24.5 Å². The van der Waals surface area contributed by atoms with Crippen LogP contribution in [0.2, 0.25) is 0 Å². The summed E-state index contributed by atoms with van der Waals surface area (Å²) >= 11 is 0. The van der Waals surface area contributed by atoms with Gasteiger partial charge >= 0.3 is 6.18 Å². The van der Waals surface area contributed by atoms with E-state index in [0.717, 1.165) is 5.69 Å². The van der Waals surface area contributed by atoms with Crippen molar-refractivity contribution in [2.75, 3.05) is 24.0 Å². The molecule has 0 saturated carbocycles. The fourth-order valence-corrected chi connectivity index (χ4v) is 4.01. The Bertz CT molecular complexity index is 1070. The minimum absolute atomic E-state index is 0.0364. The number of benzene rings is 2. The Kier molecular flexibility index (Phi) is 5.01. The SMILES string of the molecule is CN(C)c1ccc([C@H]2C(C#N)=C(N)O[C@H]3[C@H]2C(C(F)(F)F)=NN3c2ccccc2)cc1. The summed E-state index contributed by atoms with van der Waals surface area (Å²) in [5, 5.41) is 14.8. The van der Waals surface area contributed by atoms with Crippen molar-refractivity contribution in [3.63, 3.8) is 0 Å². The molecule has 2 aromatic rings. The highest BCUT2D eigenvalue weighted by atomic mass is 19.4. The van der Waals surface area contributed by atoms with Crippen LogP contribution in [0.25, 0.3) is 0 Å². The molecule has 0 saturated heterocycles. The van der Waals surface area contributed by atoms with Gasteiger partial charge in [-0.2, -0.15) is 23.5 Å². The number of hydrogen-bond acceptors (Lipinski definition) is 6. The maximum absolute atomic E-state index is 14.1. The molecule has 6 nitrogen and oxygen atoms in total. The number of hydrazone groups is 1. The van der Waals surface area contributed by atoms with Crippen molar-refractivity contribution in [2.24, 2.45) is 16.8 Å². The van der Waals surface area contributed by atoms with Gasteiger partial charge in [-0.3, -0.25) is 0 Å². The van der Waals surface area contributed by atoms with Crippen LogP contribution in [-0.4, -0.2) is 32.2 Å². The average Bonchev–Trinajstić information content (AvgIpc) is 3.13. The van der Waals surface area contributed by atoms with Gasteiger partial charge in [0, 0.05) is 25.7 Å². The predicted molar refractivity (Wildman–Crippen MR) is 111 cm³/mol.